The van der Waals surface area contributed by atoms with Crippen LogP contribution in [0.15, 0.2) is 42.6 Å². The molecule has 0 amide bonds. The molecule has 1 atom stereocenters. The van der Waals surface area contributed by atoms with Gasteiger partial charge in [-0.05, 0) is 37.0 Å². The average Bonchev–Trinajstić information content (AvgIpc) is 2.56. The second kappa shape index (κ2) is 8.42. The molecule has 118 valence electrons. The van der Waals surface area contributed by atoms with Crippen LogP contribution < -0.4 is 9.47 Å². The number of hydrogen-bond acceptors (Lipinski definition) is 3. The van der Waals surface area contributed by atoms with Crippen LogP contribution in [0.25, 0.3) is 11.1 Å². The van der Waals surface area contributed by atoms with Crippen molar-refractivity contribution in [3.05, 3.63) is 42.6 Å². The van der Waals surface area contributed by atoms with Crippen molar-refractivity contribution < 1.29 is 9.47 Å². The van der Waals surface area contributed by atoms with E-state index >= 15 is 0 Å². The highest BCUT2D eigenvalue weighted by Gasteiger charge is 2.08. The minimum atomic E-state index is 0.615. The van der Waals surface area contributed by atoms with Gasteiger partial charge < -0.3 is 9.47 Å². The van der Waals surface area contributed by atoms with Gasteiger partial charge in [0, 0.05) is 17.8 Å². The van der Waals surface area contributed by atoms with Gasteiger partial charge in [-0.1, -0.05) is 38.5 Å². The van der Waals surface area contributed by atoms with Crippen molar-refractivity contribution in [2.45, 2.75) is 33.6 Å². The topological polar surface area (TPSA) is 31.4 Å². The first-order chi connectivity index (χ1) is 10.7. The first kappa shape index (κ1) is 16.3. The standard InChI is InChI=1S/C19H25NO2/c1-4-15(3)11-13-22-18-9-7-6-8-17(18)16-10-12-20-19(14-16)21-5-2/h6-10,12,14-15H,4-5,11,13H2,1-3H3. The number of ether oxygens (including phenoxy) is 2. The molecule has 0 radical (unpaired) electrons. The number of hydrogen-bond donors (Lipinski definition) is 0. The second-order valence-corrected chi connectivity index (χ2v) is 5.46. The molecule has 1 aromatic heterocycles. The van der Waals surface area contributed by atoms with Crippen LogP contribution >= 0.6 is 0 Å². The van der Waals surface area contributed by atoms with Crippen molar-refractivity contribution in [2.24, 2.45) is 5.92 Å². The van der Waals surface area contributed by atoms with Crippen molar-refractivity contribution in [3.63, 3.8) is 0 Å². The molecule has 0 aliphatic rings. The molecule has 1 aromatic carbocycles. The van der Waals surface area contributed by atoms with Gasteiger partial charge in [-0.2, -0.15) is 0 Å². The lowest BCUT2D eigenvalue weighted by molar-refractivity contribution is 0.282. The molecule has 0 N–H and O–H groups in total. The summed E-state index contributed by atoms with van der Waals surface area (Å²) in [5.74, 6) is 2.26. The predicted molar refractivity (Wildman–Crippen MR) is 90.4 cm³/mol. The maximum atomic E-state index is 6.00. The second-order valence-electron chi connectivity index (χ2n) is 5.46. The molecule has 0 bridgehead atoms. The fraction of sp³-hybridized carbons (Fsp3) is 0.421. The summed E-state index contributed by atoms with van der Waals surface area (Å²) in [6.07, 6.45) is 4.04. The largest absolute Gasteiger partial charge is 0.493 e. The maximum Gasteiger partial charge on any atom is 0.213 e. The lowest BCUT2D eigenvalue weighted by Crippen LogP contribution is -2.04. The van der Waals surface area contributed by atoms with E-state index in [0.29, 0.717) is 18.4 Å². The summed E-state index contributed by atoms with van der Waals surface area (Å²) in [7, 11) is 0. The molecule has 0 spiro atoms. The van der Waals surface area contributed by atoms with E-state index in [2.05, 4.69) is 24.9 Å². The Morgan fingerprint density at radius 2 is 1.91 bits per heavy atom. The van der Waals surface area contributed by atoms with Gasteiger partial charge in [0.05, 0.1) is 13.2 Å². The lowest BCUT2D eigenvalue weighted by Gasteiger charge is -2.14. The van der Waals surface area contributed by atoms with E-state index in [0.717, 1.165) is 29.9 Å². The molecule has 1 unspecified atom stereocenters. The summed E-state index contributed by atoms with van der Waals surface area (Å²) < 4.78 is 11.5. The predicted octanol–water partition coefficient (Wildman–Crippen LogP) is 4.96. The zero-order valence-electron chi connectivity index (χ0n) is 13.7. The average molecular weight is 299 g/mol. The van der Waals surface area contributed by atoms with Crippen LogP contribution in [-0.4, -0.2) is 18.2 Å². The molecule has 0 fully saturated rings. The summed E-state index contributed by atoms with van der Waals surface area (Å²) in [4.78, 5) is 4.22. The Morgan fingerprint density at radius 3 is 2.68 bits per heavy atom. The van der Waals surface area contributed by atoms with E-state index in [1.807, 2.05) is 37.3 Å². The van der Waals surface area contributed by atoms with E-state index in [1.165, 1.54) is 6.42 Å². The molecular formula is C19H25NO2. The smallest absolute Gasteiger partial charge is 0.213 e. The van der Waals surface area contributed by atoms with Gasteiger partial charge in [0.1, 0.15) is 5.75 Å². The first-order valence-electron chi connectivity index (χ1n) is 8.05. The number of rotatable bonds is 8. The van der Waals surface area contributed by atoms with Crippen molar-refractivity contribution in [1.29, 1.82) is 0 Å². The Hall–Kier alpha value is -2.03. The monoisotopic (exact) mass is 299 g/mol. The molecule has 3 heteroatoms. The van der Waals surface area contributed by atoms with Crippen molar-refractivity contribution in [3.8, 4) is 22.8 Å². The van der Waals surface area contributed by atoms with Crippen molar-refractivity contribution in [2.75, 3.05) is 13.2 Å². The summed E-state index contributed by atoms with van der Waals surface area (Å²) in [5, 5.41) is 0. The van der Waals surface area contributed by atoms with Crippen LogP contribution in [0.3, 0.4) is 0 Å². The molecule has 0 aliphatic heterocycles. The zero-order chi connectivity index (χ0) is 15.8. The molecule has 22 heavy (non-hydrogen) atoms. The fourth-order valence-electron chi connectivity index (χ4n) is 2.21. The quantitative estimate of drug-likeness (QED) is 0.690. The SMILES string of the molecule is CCOc1cc(-c2ccccc2OCCC(C)CC)ccn1. The van der Waals surface area contributed by atoms with Gasteiger partial charge in [-0.3, -0.25) is 0 Å². The molecule has 0 saturated heterocycles. The van der Waals surface area contributed by atoms with Crippen LogP contribution in [0.1, 0.15) is 33.6 Å². The third-order valence-electron chi connectivity index (χ3n) is 3.79. The highest BCUT2D eigenvalue weighted by molar-refractivity contribution is 5.70. The molecule has 3 nitrogen and oxygen atoms in total. The minimum Gasteiger partial charge on any atom is -0.493 e. The fourth-order valence-corrected chi connectivity index (χ4v) is 2.21. The minimum absolute atomic E-state index is 0.615. The molecule has 0 saturated carbocycles. The van der Waals surface area contributed by atoms with E-state index in [4.69, 9.17) is 9.47 Å². The summed E-state index contributed by atoms with van der Waals surface area (Å²) in [6, 6.07) is 12.1. The third kappa shape index (κ3) is 4.48. The van der Waals surface area contributed by atoms with Gasteiger partial charge in [-0.15, -0.1) is 0 Å². The van der Waals surface area contributed by atoms with Crippen LogP contribution in [0, 0.1) is 5.92 Å². The van der Waals surface area contributed by atoms with Crippen molar-refractivity contribution >= 4 is 0 Å². The summed E-state index contributed by atoms with van der Waals surface area (Å²) in [6.45, 7) is 7.79. The lowest BCUT2D eigenvalue weighted by atomic mass is 10.1. The molecule has 1 heterocycles. The molecular weight excluding hydrogens is 274 g/mol. The number of para-hydroxylation sites is 1. The van der Waals surface area contributed by atoms with Crippen LogP contribution in [0.4, 0.5) is 0 Å². The number of pyridine rings is 1. The number of benzene rings is 1. The van der Waals surface area contributed by atoms with E-state index in [-0.39, 0.29) is 0 Å². The summed E-state index contributed by atoms with van der Waals surface area (Å²) in [5.41, 5.74) is 2.15. The normalized spacial score (nSPS) is 12.0. The third-order valence-corrected chi connectivity index (χ3v) is 3.79. The number of nitrogens with zero attached hydrogens (tertiary/aromatic N) is 1. The van der Waals surface area contributed by atoms with E-state index < -0.39 is 0 Å². The van der Waals surface area contributed by atoms with Gasteiger partial charge in [0.15, 0.2) is 0 Å². The molecule has 0 aliphatic carbocycles. The zero-order valence-corrected chi connectivity index (χ0v) is 13.7. The van der Waals surface area contributed by atoms with Crippen LogP contribution in [0.2, 0.25) is 0 Å². The first-order valence-corrected chi connectivity index (χ1v) is 8.05. The highest BCUT2D eigenvalue weighted by atomic mass is 16.5. The highest BCUT2D eigenvalue weighted by Crippen LogP contribution is 2.31. The Kier molecular flexibility index (Phi) is 6.26. The van der Waals surface area contributed by atoms with Gasteiger partial charge >= 0.3 is 0 Å². The Balaban J connectivity index is 2.15. The Labute approximate surface area is 133 Å². The maximum absolute atomic E-state index is 6.00. The summed E-state index contributed by atoms with van der Waals surface area (Å²) >= 11 is 0. The Morgan fingerprint density at radius 1 is 1.09 bits per heavy atom. The van der Waals surface area contributed by atoms with Gasteiger partial charge in [0.25, 0.3) is 0 Å². The molecule has 2 rings (SSSR count). The van der Waals surface area contributed by atoms with Crippen molar-refractivity contribution in [1.82, 2.24) is 4.98 Å². The van der Waals surface area contributed by atoms with E-state index in [9.17, 15) is 0 Å². The van der Waals surface area contributed by atoms with Crippen LogP contribution in [0.5, 0.6) is 11.6 Å². The van der Waals surface area contributed by atoms with E-state index in [1.54, 1.807) is 6.20 Å². The Bertz CT molecular complexity index is 583. The van der Waals surface area contributed by atoms with Gasteiger partial charge in [0.2, 0.25) is 5.88 Å². The molecule has 2 aromatic rings. The van der Waals surface area contributed by atoms with Crippen LogP contribution in [-0.2, 0) is 0 Å². The number of aromatic nitrogens is 1. The van der Waals surface area contributed by atoms with Gasteiger partial charge in [-0.25, -0.2) is 4.98 Å².